The van der Waals surface area contributed by atoms with Crippen LogP contribution in [-0.2, 0) is 25.7 Å². The Balaban J connectivity index is 0.000000294. The minimum absolute atomic E-state index is 0.119. The first-order valence-corrected chi connectivity index (χ1v) is 48.5. The van der Waals surface area contributed by atoms with Gasteiger partial charge in [-0.25, -0.2) is 0 Å². The average Bonchev–Trinajstić information content (AvgIpc) is 0.755. The lowest BCUT2D eigenvalue weighted by Gasteiger charge is -2.38. The fraction of sp³-hybridized carbons (Fsp3) is 0.586. The van der Waals surface area contributed by atoms with Gasteiger partial charge in [0.25, 0.3) is 0 Å². The van der Waals surface area contributed by atoms with Crippen LogP contribution in [-0.4, -0.2) is 42.8 Å². The third-order valence-electron chi connectivity index (χ3n) is 27.6. The Morgan fingerprint density at radius 1 is 0.274 bits per heavy atom. The highest BCUT2D eigenvalue weighted by atomic mass is 16.5. The molecule has 0 aliphatic carbocycles. The highest BCUT2D eigenvalue weighted by Gasteiger charge is 2.37. The summed E-state index contributed by atoms with van der Waals surface area (Å²) in [5.41, 5.74) is 30.1. The predicted octanol–water partition coefficient (Wildman–Crippen LogP) is 34.7. The number of hydrogen-bond donors (Lipinski definition) is 4. The van der Waals surface area contributed by atoms with Gasteiger partial charge < -0.3 is 39.4 Å². The lowest BCUT2D eigenvalue weighted by Crippen LogP contribution is -2.37. The Bertz CT molecular complexity index is 4430. The molecule has 0 spiro atoms. The number of ether oxygens (including phenoxy) is 4. The summed E-state index contributed by atoms with van der Waals surface area (Å²) < 4.78 is 26.0. The summed E-state index contributed by atoms with van der Waals surface area (Å²) in [5.74, 6) is 5.53. The summed E-state index contributed by atoms with van der Waals surface area (Å²) in [4.78, 5) is 0. The SMILES string of the molecule is CC/C(C)=C/CC/C(C)=C/CC/C(C)=C/CC[C@]1(C)CCc2c(C)c(O)c(C)c(C)c2O1.CC/C(C)=C/CC/C(C)=C/CC/C(C)=C/CC[C@]1(C)CCc2c(C)c(O)cc(C)c2O1.CC/C(C)=C/CC/C(C)=C/CC/C(C)=C/CC[C@]1(C)CCc2cc(O)c(C)c(C)c2O1.CC/C(C)=C/CC/C(C)=C/CC/C(C)=C/CC[C@]1(C)CCc2cc(O)cc(C)c2O1. The Morgan fingerprint density at radius 2 is 0.532 bits per heavy atom. The molecule has 0 radical (unpaired) electrons. The molecule has 124 heavy (non-hydrogen) atoms. The van der Waals surface area contributed by atoms with Crippen LogP contribution in [0.1, 0.15) is 411 Å². The smallest absolute Gasteiger partial charge is 0.127 e. The van der Waals surface area contributed by atoms with E-state index in [1.54, 1.807) is 6.07 Å². The van der Waals surface area contributed by atoms with Crippen molar-refractivity contribution in [3.05, 3.63) is 231 Å². The number of benzene rings is 4. The molecular formula is C116H176O8. The molecule has 0 fully saturated rings. The highest BCUT2D eigenvalue weighted by Crippen LogP contribution is 2.47. The van der Waals surface area contributed by atoms with E-state index in [9.17, 15) is 20.4 Å². The molecule has 0 saturated carbocycles. The van der Waals surface area contributed by atoms with Crippen molar-refractivity contribution < 1.29 is 39.4 Å². The predicted molar refractivity (Wildman–Crippen MR) is 537 cm³/mol. The van der Waals surface area contributed by atoms with Gasteiger partial charge in [0.05, 0.1) is 0 Å². The number of aryl methyl sites for hydroxylation is 4. The summed E-state index contributed by atoms with van der Waals surface area (Å²) in [6, 6.07) is 7.37. The standard InChI is InChI=1S/C30H46O2.2C29H44O2.C28H42O2/c1-9-21(2)13-10-14-22(3)15-11-16-23(4)17-12-19-30(8)20-18-27-26(7)28(31)24(5)25(6)29(27)32-30;1-8-21(2)12-9-13-22(3)14-10-15-23(4)16-11-18-29(7)19-17-26-20-27(30)24(5)25(6)28(26)31-29;1-8-21(2)12-9-13-22(3)14-10-15-23(4)16-11-18-29(7)19-17-26-25(6)27(30)20-24(5)28(26)31-29;1-7-21(2)11-8-12-22(3)13-9-14-23(4)15-10-17-28(6)18-16-25-20-26(29)19-24(5)27(25)30-28/h13,15,17,31H,9-12,14,16,18-20H2,1-8H3;2*12,14,16,20,30H,8-11,13,15,17-19H2,1-7H3;11,13,15,19-20,29H,7-10,12,14,16-18H2,1-6H3/b21-13+,22-15+,23-17+;2*21-12+,22-14+,23-16+;21-11+,22-13+,23-15+/t30-;2*29-;28-/m1111/s1. The molecule has 0 aromatic heterocycles. The normalized spacial score (nSPS) is 19.9. The van der Waals surface area contributed by atoms with E-state index in [1.807, 2.05) is 59.7 Å². The van der Waals surface area contributed by atoms with E-state index in [0.29, 0.717) is 23.0 Å². The summed E-state index contributed by atoms with van der Waals surface area (Å²) in [6.45, 7) is 60.9. The second-order valence-electron chi connectivity index (χ2n) is 39.3. The van der Waals surface area contributed by atoms with Gasteiger partial charge in [0.15, 0.2) is 0 Å². The highest BCUT2D eigenvalue weighted by molar-refractivity contribution is 5.59. The van der Waals surface area contributed by atoms with Crippen LogP contribution >= 0.6 is 0 Å². The van der Waals surface area contributed by atoms with E-state index in [0.717, 1.165) is 284 Å². The zero-order valence-corrected chi connectivity index (χ0v) is 84.1. The van der Waals surface area contributed by atoms with Gasteiger partial charge in [-0.15, -0.1) is 0 Å². The fourth-order valence-corrected chi connectivity index (χ4v) is 17.2. The van der Waals surface area contributed by atoms with E-state index in [-0.39, 0.29) is 22.4 Å². The second kappa shape index (κ2) is 53.1. The van der Waals surface area contributed by atoms with Crippen LogP contribution in [0.4, 0.5) is 0 Å². The molecule has 4 aliphatic rings. The average molecular weight is 1700 g/mol. The number of fused-ring (bicyclic) bond motifs is 4. The molecule has 8 rings (SSSR count). The fourth-order valence-electron chi connectivity index (χ4n) is 17.2. The molecule has 0 amide bonds. The Hall–Kier alpha value is -7.84. The van der Waals surface area contributed by atoms with Crippen molar-refractivity contribution >= 4 is 0 Å². The number of phenolic OH excluding ortho intramolecular Hbond substituents is 4. The molecule has 4 aromatic carbocycles. The van der Waals surface area contributed by atoms with Gasteiger partial charge in [-0.1, -0.05) is 167 Å². The zero-order chi connectivity index (χ0) is 92.1. The Labute approximate surface area is 759 Å². The lowest BCUT2D eigenvalue weighted by atomic mass is 9.85. The molecule has 8 nitrogen and oxygen atoms in total. The van der Waals surface area contributed by atoms with E-state index in [2.05, 4.69) is 225 Å². The molecule has 0 unspecified atom stereocenters. The monoisotopic (exact) mass is 1700 g/mol. The molecule has 4 heterocycles. The van der Waals surface area contributed by atoms with Gasteiger partial charge in [0.1, 0.15) is 68.4 Å². The zero-order valence-electron chi connectivity index (χ0n) is 84.1. The van der Waals surface area contributed by atoms with Crippen LogP contribution in [0.25, 0.3) is 0 Å². The van der Waals surface area contributed by atoms with Gasteiger partial charge in [0.2, 0.25) is 0 Å². The van der Waals surface area contributed by atoms with Crippen molar-refractivity contribution in [1.29, 1.82) is 0 Å². The van der Waals surface area contributed by atoms with Gasteiger partial charge in [0, 0.05) is 11.1 Å². The first-order chi connectivity index (χ1) is 58.6. The van der Waals surface area contributed by atoms with Gasteiger partial charge in [-0.3, -0.25) is 0 Å². The number of allylic oxidation sites excluding steroid dienone is 24. The summed E-state index contributed by atoms with van der Waals surface area (Å²) in [5, 5.41) is 40.4. The molecular weight excluding hydrogens is 1520 g/mol. The molecule has 0 bridgehead atoms. The molecule has 4 aliphatic heterocycles. The molecule has 0 saturated heterocycles. The van der Waals surface area contributed by atoms with Crippen LogP contribution in [0, 0.1) is 55.4 Å². The number of rotatable bonds is 40. The Kier molecular flexibility index (Phi) is 45.7. The summed E-state index contributed by atoms with van der Waals surface area (Å²) >= 11 is 0. The van der Waals surface area contributed by atoms with Crippen LogP contribution in [0.15, 0.2) is 164 Å². The van der Waals surface area contributed by atoms with Crippen molar-refractivity contribution in [2.75, 3.05) is 0 Å². The first-order valence-electron chi connectivity index (χ1n) is 48.5. The minimum atomic E-state index is -0.134. The number of aromatic hydroxyl groups is 4. The maximum atomic E-state index is 10.4. The van der Waals surface area contributed by atoms with Gasteiger partial charge >= 0.3 is 0 Å². The van der Waals surface area contributed by atoms with Crippen molar-refractivity contribution in [2.45, 2.75) is 447 Å². The van der Waals surface area contributed by atoms with E-state index in [4.69, 9.17) is 18.9 Å². The molecule has 688 valence electrons. The van der Waals surface area contributed by atoms with Crippen molar-refractivity contribution in [3.8, 4) is 46.0 Å². The topological polar surface area (TPSA) is 118 Å². The number of phenols is 4. The molecule has 4 atom stereocenters. The van der Waals surface area contributed by atoms with Gasteiger partial charge in [-0.2, -0.15) is 0 Å². The second-order valence-corrected chi connectivity index (χ2v) is 39.3. The first kappa shape index (κ1) is 107. The van der Waals surface area contributed by atoms with E-state index < -0.39 is 0 Å². The third-order valence-corrected chi connectivity index (χ3v) is 27.6. The van der Waals surface area contributed by atoms with E-state index >= 15 is 0 Å². The van der Waals surface area contributed by atoms with Crippen molar-refractivity contribution in [1.82, 2.24) is 0 Å². The van der Waals surface area contributed by atoms with Crippen LogP contribution in [0.5, 0.6) is 46.0 Å². The number of hydrogen-bond acceptors (Lipinski definition) is 8. The third kappa shape index (κ3) is 36.5. The Morgan fingerprint density at radius 3 is 0.871 bits per heavy atom. The van der Waals surface area contributed by atoms with Crippen molar-refractivity contribution in [2.24, 2.45) is 0 Å². The van der Waals surface area contributed by atoms with Crippen LogP contribution in [0.3, 0.4) is 0 Å². The molecule has 8 heteroatoms. The quantitative estimate of drug-likeness (QED) is 0.0325. The van der Waals surface area contributed by atoms with Crippen LogP contribution in [0.2, 0.25) is 0 Å². The van der Waals surface area contributed by atoms with Gasteiger partial charge in [-0.05, 0) is 477 Å². The largest absolute Gasteiger partial charge is 0.508 e. The molecule has 4 aromatic rings. The minimum Gasteiger partial charge on any atom is -0.508 e. The summed E-state index contributed by atoms with van der Waals surface area (Å²) in [7, 11) is 0. The molecule has 4 N–H and O–H groups in total. The maximum absolute atomic E-state index is 10.4. The van der Waals surface area contributed by atoms with E-state index in [1.165, 1.54) is 104 Å². The summed E-state index contributed by atoms with van der Waals surface area (Å²) in [6.07, 6.45) is 68.1. The van der Waals surface area contributed by atoms with Crippen molar-refractivity contribution in [3.63, 3.8) is 0 Å². The van der Waals surface area contributed by atoms with Crippen LogP contribution < -0.4 is 18.9 Å². The maximum Gasteiger partial charge on any atom is 0.127 e. The lowest BCUT2D eigenvalue weighted by molar-refractivity contribution is 0.0556.